The van der Waals surface area contributed by atoms with Crippen molar-refractivity contribution in [3.05, 3.63) is 71.8 Å². The van der Waals surface area contributed by atoms with Crippen molar-refractivity contribution in [1.29, 1.82) is 0 Å². The van der Waals surface area contributed by atoms with Crippen molar-refractivity contribution in [1.82, 2.24) is 4.67 Å². The molecule has 0 atom stereocenters. The summed E-state index contributed by atoms with van der Waals surface area (Å²) in [5.41, 5.74) is 2.23. The highest BCUT2D eigenvalue weighted by Crippen LogP contribution is 2.46. The molecule has 0 saturated heterocycles. The molecule has 2 aromatic rings. The maximum absolute atomic E-state index is 10.4. The van der Waals surface area contributed by atoms with Crippen LogP contribution in [0, 0.1) is 0 Å². The SMILES string of the molecule is OP(O)N(C1CCCCCCC1)C(c1ccccc1)c1ccccc1. The largest absolute Gasteiger partial charge is 0.338 e. The normalized spacial score (nSPS) is 17.0. The highest BCUT2D eigenvalue weighted by atomic mass is 31.2. The van der Waals surface area contributed by atoms with Gasteiger partial charge in [-0.05, 0) is 24.0 Å². The Morgan fingerprint density at radius 1 is 0.720 bits per heavy atom. The number of hydrogen-bond acceptors (Lipinski definition) is 3. The monoisotopic (exact) mass is 357 g/mol. The van der Waals surface area contributed by atoms with Gasteiger partial charge in [0.1, 0.15) is 0 Å². The molecule has 2 aromatic carbocycles. The van der Waals surface area contributed by atoms with Crippen molar-refractivity contribution in [2.75, 3.05) is 0 Å². The minimum atomic E-state index is -2.16. The Morgan fingerprint density at radius 3 is 1.60 bits per heavy atom. The first-order valence-electron chi connectivity index (χ1n) is 9.33. The van der Waals surface area contributed by atoms with Crippen molar-refractivity contribution < 1.29 is 9.79 Å². The molecule has 3 rings (SSSR count). The average molecular weight is 357 g/mol. The standard InChI is InChI=1S/C21H28NO2P/c23-25(24)22(20-16-10-2-1-3-11-17-20)21(18-12-6-4-7-13-18)19-14-8-5-9-15-19/h4-9,12-15,20-21,23-24H,1-3,10-11,16-17H2. The zero-order valence-electron chi connectivity index (χ0n) is 14.7. The maximum Gasteiger partial charge on any atom is 0.254 e. The second kappa shape index (κ2) is 9.45. The predicted octanol–water partition coefficient (Wildman–Crippen LogP) is 5.40. The zero-order valence-corrected chi connectivity index (χ0v) is 15.6. The lowest BCUT2D eigenvalue weighted by Crippen LogP contribution is -2.35. The molecule has 0 bridgehead atoms. The molecule has 0 amide bonds. The molecule has 134 valence electrons. The highest BCUT2D eigenvalue weighted by Gasteiger charge is 2.33. The van der Waals surface area contributed by atoms with Crippen LogP contribution in [-0.2, 0) is 0 Å². The molecule has 1 fully saturated rings. The van der Waals surface area contributed by atoms with Gasteiger partial charge in [0.15, 0.2) is 0 Å². The number of hydrogen-bond donors (Lipinski definition) is 2. The molecule has 2 N–H and O–H groups in total. The lowest BCUT2D eigenvalue weighted by Gasteiger charge is -2.39. The Labute approximate surface area is 152 Å². The summed E-state index contributed by atoms with van der Waals surface area (Å²) >= 11 is 0. The van der Waals surface area contributed by atoms with Crippen LogP contribution in [0.2, 0.25) is 0 Å². The van der Waals surface area contributed by atoms with Crippen molar-refractivity contribution in [2.24, 2.45) is 0 Å². The van der Waals surface area contributed by atoms with Gasteiger partial charge in [0.25, 0.3) is 8.53 Å². The lowest BCUT2D eigenvalue weighted by atomic mass is 9.93. The maximum atomic E-state index is 10.4. The van der Waals surface area contributed by atoms with Crippen LogP contribution in [-0.4, -0.2) is 20.5 Å². The molecule has 1 aliphatic rings. The first-order valence-corrected chi connectivity index (χ1v) is 10.5. The summed E-state index contributed by atoms with van der Waals surface area (Å²) in [6.07, 6.45) is 8.22. The number of rotatable bonds is 5. The van der Waals surface area contributed by atoms with Crippen LogP contribution in [0.4, 0.5) is 0 Å². The van der Waals surface area contributed by atoms with E-state index in [0.717, 1.165) is 24.0 Å². The number of nitrogens with zero attached hydrogens (tertiary/aromatic N) is 1. The van der Waals surface area contributed by atoms with Crippen LogP contribution in [0.15, 0.2) is 60.7 Å². The molecule has 1 saturated carbocycles. The van der Waals surface area contributed by atoms with E-state index < -0.39 is 8.53 Å². The van der Waals surface area contributed by atoms with E-state index in [2.05, 4.69) is 24.3 Å². The van der Waals surface area contributed by atoms with Crippen LogP contribution >= 0.6 is 8.53 Å². The smallest absolute Gasteiger partial charge is 0.254 e. The Hall–Kier alpha value is -1.25. The summed E-state index contributed by atoms with van der Waals surface area (Å²) in [6.45, 7) is 0. The van der Waals surface area contributed by atoms with Crippen LogP contribution in [0.25, 0.3) is 0 Å². The van der Waals surface area contributed by atoms with Crippen molar-refractivity contribution in [3.63, 3.8) is 0 Å². The first kappa shape index (κ1) is 18.5. The summed E-state index contributed by atoms with van der Waals surface area (Å²) in [5, 5.41) is 0. The minimum Gasteiger partial charge on any atom is -0.338 e. The highest BCUT2D eigenvalue weighted by molar-refractivity contribution is 7.42. The molecular formula is C21H28NO2P. The Morgan fingerprint density at radius 2 is 1.16 bits per heavy atom. The molecule has 1 aliphatic carbocycles. The average Bonchev–Trinajstić information content (AvgIpc) is 2.61. The van der Waals surface area contributed by atoms with Crippen molar-refractivity contribution >= 4 is 8.53 Å². The first-order chi connectivity index (χ1) is 12.3. The van der Waals surface area contributed by atoms with Gasteiger partial charge in [0.05, 0.1) is 6.04 Å². The van der Waals surface area contributed by atoms with Gasteiger partial charge in [-0.2, -0.15) is 0 Å². The van der Waals surface area contributed by atoms with Crippen LogP contribution in [0.3, 0.4) is 0 Å². The summed E-state index contributed by atoms with van der Waals surface area (Å²) in [6, 6.07) is 20.6. The van der Waals surface area contributed by atoms with E-state index in [-0.39, 0.29) is 12.1 Å². The summed E-state index contributed by atoms with van der Waals surface area (Å²) < 4.78 is 1.98. The fourth-order valence-corrected chi connectivity index (χ4v) is 4.92. The Bertz CT molecular complexity index is 573. The molecule has 25 heavy (non-hydrogen) atoms. The van der Waals surface area contributed by atoms with E-state index in [1.165, 1.54) is 32.1 Å². The summed E-state index contributed by atoms with van der Waals surface area (Å²) in [5.74, 6) is 0. The molecule has 0 spiro atoms. The van der Waals surface area contributed by atoms with Gasteiger partial charge in [0, 0.05) is 6.04 Å². The summed E-state index contributed by atoms with van der Waals surface area (Å²) in [4.78, 5) is 20.7. The quantitative estimate of drug-likeness (QED) is 0.704. The van der Waals surface area contributed by atoms with Gasteiger partial charge in [0.2, 0.25) is 0 Å². The minimum absolute atomic E-state index is 0.118. The van der Waals surface area contributed by atoms with Gasteiger partial charge in [-0.3, -0.25) is 0 Å². The Kier molecular flexibility index (Phi) is 7.01. The van der Waals surface area contributed by atoms with E-state index in [1.54, 1.807) is 0 Å². The van der Waals surface area contributed by atoms with Crippen LogP contribution in [0.1, 0.15) is 62.1 Å². The van der Waals surface area contributed by atoms with Gasteiger partial charge in [-0.1, -0.05) is 92.8 Å². The second-order valence-corrected chi connectivity index (χ2v) is 7.87. The van der Waals surface area contributed by atoms with E-state index in [4.69, 9.17) is 0 Å². The molecule has 0 aliphatic heterocycles. The van der Waals surface area contributed by atoms with Gasteiger partial charge in [-0.25, -0.2) is 4.67 Å². The van der Waals surface area contributed by atoms with Gasteiger partial charge in [-0.15, -0.1) is 0 Å². The lowest BCUT2D eigenvalue weighted by molar-refractivity contribution is 0.206. The fourth-order valence-electron chi connectivity index (χ4n) is 3.93. The van der Waals surface area contributed by atoms with Crippen molar-refractivity contribution in [2.45, 2.75) is 57.0 Å². The van der Waals surface area contributed by atoms with Gasteiger partial charge < -0.3 is 9.79 Å². The third-order valence-corrected chi connectivity index (χ3v) is 6.12. The molecule has 3 nitrogen and oxygen atoms in total. The molecule has 0 aromatic heterocycles. The molecule has 0 unspecified atom stereocenters. The molecular weight excluding hydrogens is 329 g/mol. The molecule has 0 heterocycles. The van der Waals surface area contributed by atoms with E-state index in [9.17, 15) is 9.79 Å². The van der Waals surface area contributed by atoms with Crippen LogP contribution < -0.4 is 0 Å². The third-order valence-electron chi connectivity index (χ3n) is 5.15. The third kappa shape index (κ3) is 4.89. The fraction of sp³-hybridized carbons (Fsp3) is 0.429. The second-order valence-electron chi connectivity index (χ2n) is 6.87. The molecule has 4 heteroatoms. The topological polar surface area (TPSA) is 43.7 Å². The molecule has 0 radical (unpaired) electrons. The summed E-state index contributed by atoms with van der Waals surface area (Å²) in [7, 11) is -2.16. The van der Waals surface area contributed by atoms with E-state index in [0.29, 0.717) is 0 Å². The zero-order chi connectivity index (χ0) is 17.5. The van der Waals surface area contributed by atoms with E-state index >= 15 is 0 Å². The van der Waals surface area contributed by atoms with Gasteiger partial charge >= 0.3 is 0 Å². The van der Waals surface area contributed by atoms with Crippen molar-refractivity contribution in [3.8, 4) is 0 Å². The van der Waals surface area contributed by atoms with Crippen LogP contribution in [0.5, 0.6) is 0 Å². The Balaban J connectivity index is 1.98. The number of benzene rings is 2. The predicted molar refractivity (Wildman–Crippen MR) is 104 cm³/mol. The van der Waals surface area contributed by atoms with E-state index in [1.807, 2.05) is 41.1 Å².